The van der Waals surface area contributed by atoms with Gasteiger partial charge in [-0.3, -0.25) is 0 Å². The van der Waals surface area contributed by atoms with Crippen LogP contribution in [0.1, 0.15) is 21.5 Å². The Balaban J connectivity index is 2.12. The van der Waals surface area contributed by atoms with Crippen LogP contribution in [0.5, 0.6) is 5.75 Å². The number of sulfone groups is 1. The van der Waals surface area contributed by atoms with E-state index >= 15 is 0 Å². The van der Waals surface area contributed by atoms with Gasteiger partial charge < -0.3 is 9.84 Å². The van der Waals surface area contributed by atoms with E-state index in [-0.39, 0.29) is 16.2 Å². The van der Waals surface area contributed by atoms with Crippen molar-refractivity contribution in [1.29, 1.82) is 5.26 Å². The van der Waals surface area contributed by atoms with E-state index in [1.165, 1.54) is 30.6 Å². The zero-order valence-corrected chi connectivity index (χ0v) is 16.4. The number of carbonyl (C=O) groups is 1. The van der Waals surface area contributed by atoms with Gasteiger partial charge in [-0.15, -0.1) is 11.3 Å². The molecule has 3 aromatic rings. The number of carboxylic acids is 1. The average Bonchev–Trinajstić information content (AvgIpc) is 3.21. The number of benzene rings is 2. The highest BCUT2D eigenvalue weighted by molar-refractivity contribution is 7.90. The lowest BCUT2D eigenvalue weighted by molar-refractivity contribution is 0.0696. The molecule has 0 saturated carbocycles. The molecule has 0 saturated heterocycles. The number of carboxylic acid groups (broad SMARTS) is 1. The van der Waals surface area contributed by atoms with E-state index in [4.69, 9.17) is 4.74 Å². The van der Waals surface area contributed by atoms with Gasteiger partial charge in [-0.05, 0) is 52.9 Å². The Morgan fingerprint density at radius 2 is 2.00 bits per heavy atom. The Bertz CT molecular complexity index is 1180. The van der Waals surface area contributed by atoms with Gasteiger partial charge in [0.05, 0.1) is 30.1 Å². The maximum atomic E-state index is 13.1. The third kappa shape index (κ3) is 3.91. The molecule has 1 aromatic heterocycles. The van der Waals surface area contributed by atoms with Crippen molar-refractivity contribution in [3.05, 3.63) is 70.6 Å². The van der Waals surface area contributed by atoms with Crippen LogP contribution in [0, 0.1) is 11.3 Å². The van der Waals surface area contributed by atoms with Crippen LogP contribution in [0.4, 0.5) is 0 Å². The molecule has 1 heterocycles. The second-order valence-corrected chi connectivity index (χ2v) is 8.80. The number of rotatable bonds is 6. The van der Waals surface area contributed by atoms with Crippen LogP contribution in [0.2, 0.25) is 0 Å². The van der Waals surface area contributed by atoms with Gasteiger partial charge in [-0.1, -0.05) is 12.1 Å². The molecule has 142 valence electrons. The molecule has 0 spiro atoms. The smallest absolute Gasteiger partial charge is 0.335 e. The lowest BCUT2D eigenvalue weighted by Gasteiger charge is -2.13. The molecule has 0 unspecified atom stereocenters. The fourth-order valence-electron chi connectivity index (χ4n) is 2.79. The number of aromatic carboxylic acids is 1. The van der Waals surface area contributed by atoms with E-state index in [2.05, 4.69) is 0 Å². The van der Waals surface area contributed by atoms with Crippen molar-refractivity contribution in [1.82, 2.24) is 0 Å². The number of hydrogen-bond acceptors (Lipinski definition) is 6. The normalized spacial score (nSPS) is 11.0. The first kappa shape index (κ1) is 19.6. The first-order valence-corrected chi connectivity index (χ1v) is 10.6. The van der Waals surface area contributed by atoms with Gasteiger partial charge in [-0.2, -0.15) is 5.26 Å². The second-order valence-electron chi connectivity index (χ2n) is 5.89. The Hall–Kier alpha value is -3.15. The number of ether oxygens (including phenoxy) is 1. The van der Waals surface area contributed by atoms with E-state index < -0.39 is 21.6 Å². The second kappa shape index (κ2) is 7.84. The monoisotopic (exact) mass is 413 g/mol. The highest BCUT2D eigenvalue weighted by Crippen LogP contribution is 2.33. The van der Waals surface area contributed by atoms with Crippen molar-refractivity contribution in [2.45, 2.75) is 10.6 Å². The van der Waals surface area contributed by atoms with Crippen LogP contribution in [0.3, 0.4) is 0 Å². The zero-order chi connectivity index (χ0) is 20.3. The summed E-state index contributed by atoms with van der Waals surface area (Å²) < 4.78 is 31.4. The molecule has 6 nitrogen and oxygen atoms in total. The molecule has 8 heteroatoms. The Morgan fingerprint density at radius 3 is 2.61 bits per heavy atom. The first-order valence-electron chi connectivity index (χ1n) is 8.06. The third-order valence-electron chi connectivity index (χ3n) is 4.11. The standard InChI is InChI=1S/C20H15NO5S2/c1-26-17-7-5-14(20(22)23)10-19(17)28(24,25)12-15-9-13(11-21)4-6-16(15)18-3-2-8-27-18/h2-10H,12H2,1H3,(H,22,23). The fourth-order valence-corrected chi connectivity index (χ4v) is 5.15. The van der Waals surface area contributed by atoms with E-state index in [0.29, 0.717) is 16.7 Å². The van der Waals surface area contributed by atoms with E-state index in [9.17, 15) is 23.6 Å². The van der Waals surface area contributed by atoms with Gasteiger partial charge in [0.1, 0.15) is 10.6 Å². The number of hydrogen-bond donors (Lipinski definition) is 1. The summed E-state index contributed by atoms with van der Waals surface area (Å²) in [6, 6.07) is 14.3. The summed E-state index contributed by atoms with van der Waals surface area (Å²) in [6.45, 7) is 0. The van der Waals surface area contributed by atoms with Crippen LogP contribution >= 0.6 is 11.3 Å². The molecule has 0 fully saturated rings. The predicted molar refractivity (Wildman–Crippen MR) is 105 cm³/mol. The first-order chi connectivity index (χ1) is 13.4. The molecule has 2 aromatic carbocycles. The molecule has 0 amide bonds. The van der Waals surface area contributed by atoms with Crippen LogP contribution < -0.4 is 4.74 Å². The maximum Gasteiger partial charge on any atom is 0.335 e. The minimum absolute atomic E-state index is 0.0686. The van der Waals surface area contributed by atoms with Gasteiger partial charge in [0.2, 0.25) is 0 Å². The molecule has 0 aliphatic carbocycles. The molecular formula is C20H15NO5S2. The maximum absolute atomic E-state index is 13.1. The van der Waals surface area contributed by atoms with Crippen molar-refractivity contribution in [3.8, 4) is 22.3 Å². The van der Waals surface area contributed by atoms with Crippen molar-refractivity contribution in [2.24, 2.45) is 0 Å². The van der Waals surface area contributed by atoms with Crippen molar-refractivity contribution >= 4 is 27.1 Å². The Labute approximate surface area is 166 Å². The SMILES string of the molecule is COc1ccc(C(=O)O)cc1S(=O)(=O)Cc1cc(C#N)ccc1-c1cccs1. The molecular weight excluding hydrogens is 398 g/mol. The van der Waals surface area contributed by atoms with Crippen LogP contribution in [0.25, 0.3) is 10.4 Å². The molecule has 0 aliphatic rings. The number of thiophene rings is 1. The summed E-state index contributed by atoms with van der Waals surface area (Å²) >= 11 is 1.46. The van der Waals surface area contributed by atoms with Crippen molar-refractivity contribution < 1.29 is 23.1 Å². The highest BCUT2D eigenvalue weighted by Gasteiger charge is 2.24. The number of nitrogens with zero attached hydrogens (tertiary/aromatic N) is 1. The summed E-state index contributed by atoms with van der Waals surface area (Å²) in [5.74, 6) is -1.56. The third-order valence-corrected chi connectivity index (χ3v) is 6.70. The minimum atomic E-state index is -3.94. The topological polar surface area (TPSA) is 104 Å². The summed E-state index contributed by atoms with van der Waals surface area (Å²) in [7, 11) is -2.62. The van der Waals surface area contributed by atoms with E-state index in [0.717, 1.165) is 10.9 Å². The van der Waals surface area contributed by atoms with Gasteiger partial charge >= 0.3 is 5.97 Å². The summed E-state index contributed by atoms with van der Waals surface area (Å²) in [5.41, 5.74) is 1.37. The predicted octanol–water partition coefficient (Wildman–Crippen LogP) is 3.97. The van der Waals surface area contributed by atoms with Crippen molar-refractivity contribution in [3.63, 3.8) is 0 Å². The van der Waals surface area contributed by atoms with Gasteiger partial charge in [0, 0.05) is 4.88 Å². The molecule has 28 heavy (non-hydrogen) atoms. The number of nitriles is 1. The quantitative estimate of drug-likeness (QED) is 0.656. The zero-order valence-electron chi connectivity index (χ0n) is 14.7. The van der Waals surface area contributed by atoms with E-state index in [1.807, 2.05) is 23.6 Å². The Kier molecular flexibility index (Phi) is 5.49. The molecule has 0 aliphatic heterocycles. The minimum Gasteiger partial charge on any atom is -0.495 e. The van der Waals surface area contributed by atoms with Gasteiger partial charge in [0.25, 0.3) is 0 Å². The van der Waals surface area contributed by atoms with Crippen LogP contribution in [0.15, 0.2) is 58.8 Å². The summed E-state index contributed by atoms with van der Waals surface area (Å²) in [5, 5.41) is 20.3. The molecule has 0 atom stereocenters. The largest absolute Gasteiger partial charge is 0.495 e. The summed E-state index contributed by atoms with van der Waals surface area (Å²) in [4.78, 5) is 11.9. The molecule has 1 N–H and O–H groups in total. The summed E-state index contributed by atoms with van der Waals surface area (Å²) in [6.07, 6.45) is 0. The fraction of sp³-hybridized carbons (Fsp3) is 0.100. The molecule has 0 radical (unpaired) electrons. The molecule has 0 bridgehead atoms. The van der Waals surface area contributed by atoms with Crippen LogP contribution in [-0.4, -0.2) is 26.6 Å². The lowest BCUT2D eigenvalue weighted by Crippen LogP contribution is -2.10. The van der Waals surface area contributed by atoms with Gasteiger partial charge in [-0.25, -0.2) is 13.2 Å². The lowest BCUT2D eigenvalue weighted by atomic mass is 10.0. The average molecular weight is 413 g/mol. The van der Waals surface area contributed by atoms with Gasteiger partial charge in [0.15, 0.2) is 9.84 Å². The number of methoxy groups -OCH3 is 1. The van der Waals surface area contributed by atoms with Crippen molar-refractivity contribution in [2.75, 3.05) is 7.11 Å². The Morgan fingerprint density at radius 1 is 1.21 bits per heavy atom. The molecule has 3 rings (SSSR count). The van der Waals surface area contributed by atoms with E-state index in [1.54, 1.807) is 18.2 Å². The highest BCUT2D eigenvalue weighted by atomic mass is 32.2. The van der Waals surface area contributed by atoms with Crippen LogP contribution in [-0.2, 0) is 15.6 Å².